The van der Waals surface area contributed by atoms with Crippen molar-refractivity contribution in [2.24, 2.45) is 7.05 Å². The fourth-order valence-corrected chi connectivity index (χ4v) is 7.82. The average molecular weight is 697 g/mol. The summed E-state index contributed by atoms with van der Waals surface area (Å²) < 4.78 is 53.7. The van der Waals surface area contributed by atoms with Gasteiger partial charge in [0.25, 0.3) is 0 Å². The van der Waals surface area contributed by atoms with Gasteiger partial charge in [0.2, 0.25) is 5.91 Å². The van der Waals surface area contributed by atoms with E-state index in [0.29, 0.717) is 54.7 Å². The van der Waals surface area contributed by atoms with Crippen molar-refractivity contribution in [3.63, 3.8) is 0 Å². The van der Waals surface area contributed by atoms with Crippen LogP contribution in [0.4, 0.5) is 8.78 Å². The van der Waals surface area contributed by atoms with E-state index in [0.717, 1.165) is 51.2 Å². The number of hydrogen-bond donors (Lipinski definition) is 0. The number of fused-ring (bicyclic) bond motifs is 6. The van der Waals surface area contributed by atoms with Crippen LogP contribution in [0, 0.1) is 11.6 Å². The van der Waals surface area contributed by atoms with Crippen LogP contribution in [0.5, 0.6) is 11.5 Å². The largest absolute Gasteiger partial charge is 0.493 e. The zero-order valence-corrected chi connectivity index (χ0v) is 28.4. The van der Waals surface area contributed by atoms with Gasteiger partial charge >= 0.3 is 0 Å². The second kappa shape index (κ2) is 13.0. The van der Waals surface area contributed by atoms with Gasteiger partial charge in [0.15, 0.2) is 0 Å². The number of carbonyl (C=O) groups excluding carboxylic acids is 1. The molecule has 2 aromatic carbocycles. The highest BCUT2D eigenvalue weighted by Crippen LogP contribution is 2.49. The maximum absolute atomic E-state index is 16.3. The minimum Gasteiger partial charge on any atom is -0.493 e. The predicted molar refractivity (Wildman–Crippen MR) is 187 cm³/mol. The Bertz CT molecular complexity index is 2290. The Kier molecular flexibility index (Phi) is 8.31. The molecule has 4 aromatic heterocycles. The van der Waals surface area contributed by atoms with Crippen LogP contribution in [0.2, 0.25) is 0 Å². The number of rotatable bonds is 2. The molecule has 256 valence electrons. The van der Waals surface area contributed by atoms with E-state index in [2.05, 4.69) is 11.7 Å². The highest BCUT2D eigenvalue weighted by atomic mass is 32.1. The Morgan fingerprint density at radius 3 is 2.68 bits per heavy atom. The zero-order chi connectivity index (χ0) is 34.5. The summed E-state index contributed by atoms with van der Waals surface area (Å²) in [6.45, 7) is 7.78. The van der Waals surface area contributed by atoms with E-state index >= 15 is 4.39 Å². The molecule has 0 saturated heterocycles. The monoisotopic (exact) mass is 696 g/mol. The van der Waals surface area contributed by atoms with E-state index in [1.54, 1.807) is 9.58 Å². The fourth-order valence-electron chi connectivity index (χ4n) is 6.87. The van der Waals surface area contributed by atoms with Crippen molar-refractivity contribution in [3.05, 3.63) is 78.0 Å². The molecule has 6 heterocycles. The number of benzene rings is 2. The highest BCUT2D eigenvalue weighted by Gasteiger charge is 2.32. The third-order valence-electron chi connectivity index (χ3n) is 9.24. The molecule has 10 nitrogen and oxygen atoms in total. The summed E-state index contributed by atoms with van der Waals surface area (Å²) in [4.78, 5) is 19.7. The number of aromatic nitrogens is 5. The van der Waals surface area contributed by atoms with E-state index in [9.17, 15) is 9.18 Å². The molecule has 0 saturated carbocycles. The zero-order valence-electron chi connectivity index (χ0n) is 27.6. The quantitative estimate of drug-likeness (QED) is 0.175. The molecule has 0 radical (unpaired) electrons. The van der Waals surface area contributed by atoms with Crippen LogP contribution in [0.1, 0.15) is 31.5 Å². The maximum Gasteiger partial charge on any atom is 0.246 e. The van der Waals surface area contributed by atoms with Crippen LogP contribution in [0.25, 0.3) is 54.8 Å². The van der Waals surface area contributed by atoms with Crippen LogP contribution >= 0.6 is 11.3 Å². The molecule has 0 fully saturated rings. The van der Waals surface area contributed by atoms with Gasteiger partial charge in [0.05, 0.1) is 48.3 Å². The maximum atomic E-state index is 16.3. The third kappa shape index (κ3) is 5.59. The lowest BCUT2D eigenvalue weighted by Gasteiger charge is -2.33. The van der Waals surface area contributed by atoms with E-state index in [-0.39, 0.29) is 36.5 Å². The Hall–Kier alpha value is -5.14. The number of halogens is 2. The van der Waals surface area contributed by atoms with Gasteiger partial charge in [-0.05, 0) is 49.4 Å². The second-order valence-electron chi connectivity index (χ2n) is 12.4. The van der Waals surface area contributed by atoms with Gasteiger partial charge in [-0.25, -0.2) is 13.8 Å². The van der Waals surface area contributed by atoms with Gasteiger partial charge < -0.3 is 19.1 Å². The topological polar surface area (TPSA) is 96.5 Å². The summed E-state index contributed by atoms with van der Waals surface area (Å²) in [5, 5.41) is 13.2. The molecule has 1 amide bonds. The number of hydrogen-bond acceptors (Lipinski definition) is 8. The standard InChI is InChI=1S/C37H34F2N6O4S/c1-4-32(46)44-8-9-45-29(21(44)2)18-28(42-45)36-34-33-26(39)16-23(38)17-31(33)49-13-12-47-10-5-6-11-48-30-19-27-22(20-43(3)41-27)15-25(30)35(40-36)24-7-14-50-37(24)34/h4,7,14-21H,1,5-6,8-13H2,2-3H3/t21-/m0/s1. The third-order valence-corrected chi connectivity index (χ3v) is 10.2. The number of thiophene rings is 1. The first-order valence-electron chi connectivity index (χ1n) is 16.5. The fraction of sp³-hybridized carbons (Fsp3) is 0.297. The SMILES string of the molecule is C=CC(=O)N1CCn2nc(-c3nc4c5ccsc5c3-c3c(F)cc(F)cc3OCCOCCCCOc3cc5nn(C)cc5cc3-4)cc2[C@@H]1C. The molecule has 0 spiro atoms. The lowest BCUT2D eigenvalue weighted by Crippen LogP contribution is -2.40. The first-order valence-corrected chi connectivity index (χ1v) is 17.4. The Morgan fingerprint density at radius 2 is 1.82 bits per heavy atom. The minimum absolute atomic E-state index is 0.0433. The molecular formula is C37H34F2N6O4S. The average Bonchev–Trinajstić information content (AvgIpc) is 3.84. The van der Waals surface area contributed by atoms with Crippen molar-refractivity contribution in [1.29, 1.82) is 0 Å². The highest BCUT2D eigenvalue weighted by molar-refractivity contribution is 7.18. The number of pyridine rings is 1. The molecular weight excluding hydrogens is 663 g/mol. The van der Waals surface area contributed by atoms with E-state index in [1.807, 2.05) is 54.5 Å². The molecule has 1 atom stereocenters. The summed E-state index contributed by atoms with van der Waals surface area (Å²) in [7, 11) is 1.87. The van der Waals surface area contributed by atoms with Crippen molar-refractivity contribution in [1.82, 2.24) is 29.4 Å². The van der Waals surface area contributed by atoms with Crippen LogP contribution in [-0.4, -0.2) is 68.3 Å². The van der Waals surface area contributed by atoms with Gasteiger partial charge in [0.1, 0.15) is 41.1 Å². The minimum atomic E-state index is -0.787. The first-order chi connectivity index (χ1) is 24.3. The number of ether oxygens (including phenoxy) is 3. The van der Waals surface area contributed by atoms with Crippen molar-refractivity contribution in [2.75, 3.05) is 33.0 Å². The normalized spacial score (nSPS) is 16.7. The van der Waals surface area contributed by atoms with Crippen molar-refractivity contribution in [3.8, 4) is 45.3 Å². The van der Waals surface area contributed by atoms with Gasteiger partial charge in [-0.2, -0.15) is 10.2 Å². The number of amides is 1. The summed E-state index contributed by atoms with van der Waals surface area (Å²) in [6.07, 6.45) is 4.75. The molecule has 0 aliphatic carbocycles. The van der Waals surface area contributed by atoms with E-state index in [4.69, 9.17) is 24.3 Å². The van der Waals surface area contributed by atoms with Crippen LogP contribution in [0.3, 0.4) is 0 Å². The van der Waals surface area contributed by atoms with Gasteiger partial charge in [0, 0.05) is 71.2 Å². The van der Waals surface area contributed by atoms with Crippen molar-refractivity contribution < 1.29 is 27.8 Å². The molecule has 0 N–H and O–H groups in total. The molecule has 8 rings (SSSR count). The summed E-state index contributed by atoms with van der Waals surface area (Å²) in [6, 6.07) is 9.55. The predicted octanol–water partition coefficient (Wildman–Crippen LogP) is 7.32. The van der Waals surface area contributed by atoms with Crippen molar-refractivity contribution >= 4 is 38.2 Å². The summed E-state index contributed by atoms with van der Waals surface area (Å²) >= 11 is 1.42. The Balaban J connectivity index is 1.43. The smallest absolute Gasteiger partial charge is 0.246 e. The van der Waals surface area contributed by atoms with Crippen LogP contribution in [0.15, 0.2) is 60.6 Å². The molecule has 0 unspecified atom stereocenters. The van der Waals surface area contributed by atoms with E-state index in [1.165, 1.54) is 23.5 Å². The second-order valence-corrected chi connectivity index (χ2v) is 13.3. The summed E-state index contributed by atoms with van der Waals surface area (Å²) in [5.41, 5.74) is 4.34. The molecule has 2 aliphatic rings. The lowest BCUT2D eigenvalue weighted by atomic mass is 9.95. The van der Waals surface area contributed by atoms with Crippen LogP contribution in [-0.2, 0) is 23.1 Å². The van der Waals surface area contributed by atoms with Gasteiger partial charge in [-0.3, -0.25) is 14.2 Å². The Labute approximate surface area is 290 Å². The first kappa shape index (κ1) is 32.1. The number of nitrogens with zero attached hydrogens (tertiary/aromatic N) is 6. The lowest BCUT2D eigenvalue weighted by molar-refractivity contribution is -0.129. The Morgan fingerprint density at radius 1 is 0.980 bits per heavy atom. The van der Waals surface area contributed by atoms with Gasteiger partial charge in [-0.1, -0.05) is 6.58 Å². The molecule has 2 bridgehead atoms. The van der Waals surface area contributed by atoms with Crippen LogP contribution < -0.4 is 9.47 Å². The van der Waals surface area contributed by atoms with Crippen molar-refractivity contribution in [2.45, 2.75) is 32.4 Å². The summed E-state index contributed by atoms with van der Waals surface area (Å²) in [5.74, 6) is -1.05. The molecule has 50 heavy (non-hydrogen) atoms. The molecule has 6 aromatic rings. The number of aryl methyl sites for hydroxylation is 1. The molecule has 2 aliphatic heterocycles. The number of carbonyl (C=O) groups is 1. The molecule has 13 heteroatoms. The van der Waals surface area contributed by atoms with Gasteiger partial charge in [-0.15, -0.1) is 11.3 Å². The van der Waals surface area contributed by atoms with E-state index < -0.39 is 11.6 Å².